The zero-order valence-electron chi connectivity index (χ0n) is 15.6. The number of aromatic nitrogens is 2. The second-order valence-corrected chi connectivity index (χ2v) is 10.4. The van der Waals surface area contributed by atoms with E-state index in [9.17, 15) is 14.8 Å². The van der Waals surface area contributed by atoms with Crippen molar-refractivity contribution >= 4 is 34.3 Å². The third kappa shape index (κ3) is 3.00. The second-order valence-electron chi connectivity index (χ2n) is 7.90. The summed E-state index contributed by atoms with van der Waals surface area (Å²) in [6.45, 7) is 0.735. The van der Waals surface area contributed by atoms with Crippen molar-refractivity contribution in [2.75, 3.05) is 29.2 Å². The van der Waals surface area contributed by atoms with E-state index in [0.29, 0.717) is 35.4 Å². The Morgan fingerprint density at radius 1 is 1.36 bits per heavy atom. The van der Waals surface area contributed by atoms with Crippen molar-refractivity contribution in [3.63, 3.8) is 0 Å². The molecule has 3 N–H and O–H groups in total. The Bertz CT molecular complexity index is 881. The van der Waals surface area contributed by atoms with Crippen LogP contribution in [0.3, 0.4) is 0 Å². The first-order chi connectivity index (χ1) is 13.6. The molecule has 28 heavy (non-hydrogen) atoms. The van der Waals surface area contributed by atoms with Crippen molar-refractivity contribution in [3.8, 4) is 0 Å². The van der Waals surface area contributed by atoms with E-state index in [0.717, 1.165) is 31.4 Å². The Kier molecular flexibility index (Phi) is 4.75. The fraction of sp³-hybridized carbons (Fsp3) is 0.579. The van der Waals surface area contributed by atoms with Crippen molar-refractivity contribution in [1.29, 1.82) is 0 Å². The largest absolute Gasteiger partial charge is 0.611 e. The normalized spacial score (nSPS) is 25.2. The van der Waals surface area contributed by atoms with Crippen molar-refractivity contribution in [1.82, 2.24) is 9.97 Å². The molecule has 7 nitrogen and oxygen atoms in total. The second kappa shape index (κ2) is 7.14. The van der Waals surface area contributed by atoms with E-state index in [-0.39, 0.29) is 24.8 Å². The first kappa shape index (κ1) is 18.6. The lowest BCUT2D eigenvalue weighted by Gasteiger charge is -2.41. The minimum Gasteiger partial charge on any atom is -0.611 e. The maximum Gasteiger partial charge on any atom is 0.228 e. The van der Waals surface area contributed by atoms with E-state index in [4.69, 9.17) is 9.97 Å². The minimum absolute atomic E-state index is 0.0348. The summed E-state index contributed by atoms with van der Waals surface area (Å²) >= 11 is 0.615. The van der Waals surface area contributed by atoms with Crippen LogP contribution in [0.2, 0.25) is 0 Å². The molecular weight excluding hydrogens is 396 g/mol. The number of rotatable bonds is 5. The number of aliphatic hydroxyl groups is 2. The lowest BCUT2D eigenvalue weighted by atomic mass is 9.77. The van der Waals surface area contributed by atoms with Crippen LogP contribution in [0.1, 0.15) is 35.4 Å². The third-order valence-corrected chi connectivity index (χ3v) is 8.63. The smallest absolute Gasteiger partial charge is 0.228 e. The van der Waals surface area contributed by atoms with Gasteiger partial charge in [0.05, 0.1) is 24.8 Å². The van der Waals surface area contributed by atoms with Crippen LogP contribution in [0.5, 0.6) is 0 Å². The standard InChI is InChI=1S/C19H24N4O3S2/c24-10-13-8-15-12(2-6-27-15)9-23(13)18-20-14-3-7-28(26)16(14)17(21-18)22-19(11-25)4-1-5-19/h2,6,13,24-25H,1,3-5,7-11H2,(H,20,21,22)/t13-,28+/m0/s1. The molecule has 1 saturated carbocycles. The van der Waals surface area contributed by atoms with Crippen LogP contribution in [-0.2, 0) is 30.6 Å². The third-order valence-electron chi connectivity index (χ3n) is 6.18. The minimum atomic E-state index is -1.11. The Morgan fingerprint density at radius 3 is 2.93 bits per heavy atom. The van der Waals surface area contributed by atoms with E-state index in [1.807, 2.05) is 0 Å². The molecule has 2 aromatic heterocycles. The molecular formula is C19H24N4O3S2. The molecule has 0 bridgehead atoms. The van der Waals surface area contributed by atoms with Gasteiger partial charge in [-0.25, -0.2) is 4.98 Å². The highest BCUT2D eigenvalue weighted by atomic mass is 32.2. The van der Waals surface area contributed by atoms with Gasteiger partial charge in [0, 0.05) is 24.3 Å². The van der Waals surface area contributed by atoms with Gasteiger partial charge in [-0.05, 0) is 47.4 Å². The molecule has 0 aromatic carbocycles. The molecule has 2 aliphatic heterocycles. The van der Waals surface area contributed by atoms with Gasteiger partial charge in [-0.1, -0.05) is 0 Å². The monoisotopic (exact) mass is 420 g/mol. The van der Waals surface area contributed by atoms with Crippen molar-refractivity contribution in [3.05, 3.63) is 27.6 Å². The fourth-order valence-corrected chi connectivity index (χ4v) is 6.57. The Balaban J connectivity index is 1.54. The highest BCUT2D eigenvalue weighted by Crippen LogP contribution is 2.40. The van der Waals surface area contributed by atoms with Crippen LogP contribution in [0.25, 0.3) is 0 Å². The molecule has 5 rings (SSSR count). The molecule has 1 fully saturated rings. The maximum atomic E-state index is 12.6. The summed E-state index contributed by atoms with van der Waals surface area (Å²) in [7, 11) is 0. The lowest BCUT2D eigenvalue weighted by Crippen LogP contribution is -2.49. The molecule has 2 atom stereocenters. The Morgan fingerprint density at radius 2 is 2.21 bits per heavy atom. The summed E-state index contributed by atoms with van der Waals surface area (Å²) < 4.78 is 12.6. The predicted molar refractivity (Wildman–Crippen MR) is 109 cm³/mol. The zero-order valence-corrected chi connectivity index (χ0v) is 17.2. The molecule has 9 heteroatoms. The van der Waals surface area contributed by atoms with Crippen molar-refractivity contribution in [2.45, 2.75) is 55.1 Å². The molecule has 150 valence electrons. The van der Waals surface area contributed by atoms with Crippen LogP contribution < -0.4 is 10.2 Å². The summed E-state index contributed by atoms with van der Waals surface area (Å²) in [5.74, 6) is 1.73. The van der Waals surface area contributed by atoms with Gasteiger partial charge in [-0.15, -0.1) is 11.3 Å². The first-order valence-electron chi connectivity index (χ1n) is 9.73. The van der Waals surface area contributed by atoms with Crippen LogP contribution in [0, 0.1) is 0 Å². The number of nitrogens with one attached hydrogen (secondary N) is 1. The molecule has 2 aromatic rings. The van der Waals surface area contributed by atoms with Gasteiger partial charge in [0.25, 0.3) is 0 Å². The van der Waals surface area contributed by atoms with Gasteiger partial charge >= 0.3 is 0 Å². The molecule has 1 aliphatic carbocycles. The van der Waals surface area contributed by atoms with Crippen LogP contribution in [0.15, 0.2) is 16.3 Å². The van der Waals surface area contributed by atoms with Gasteiger partial charge in [-0.2, -0.15) is 4.98 Å². The molecule has 4 heterocycles. The number of fused-ring (bicyclic) bond motifs is 2. The number of anilines is 2. The molecule has 0 saturated heterocycles. The van der Waals surface area contributed by atoms with E-state index >= 15 is 0 Å². The Labute approximate surface area is 171 Å². The molecule has 0 radical (unpaired) electrons. The number of thiophene rings is 1. The number of aliphatic hydroxyl groups excluding tert-OH is 2. The Hall–Kier alpha value is -1.39. The lowest BCUT2D eigenvalue weighted by molar-refractivity contribution is 0.143. The summed E-state index contributed by atoms with van der Waals surface area (Å²) in [6, 6.07) is 2.05. The summed E-state index contributed by atoms with van der Waals surface area (Å²) in [5.41, 5.74) is 1.71. The topological polar surface area (TPSA) is 105 Å². The van der Waals surface area contributed by atoms with E-state index in [1.165, 1.54) is 10.4 Å². The highest BCUT2D eigenvalue weighted by molar-refractivity contribution is 7.91. The molecule has 0 unspecified atom stereocenters. The molecule has 0 amide bonds. The average Bonchev–Trinajstić information content (AvgIpc) is 3.29. The quantitative estimate of drug-likeness (QED) is 0.629. The van der Waals surface area contributed by atoms with Gasteiger partial charge in [0.15, 0.2) is 5.82 Å². The van der Waals surface area contributed by atoms with E-state index in [1.54, 1.807) is 11.3 Å². The van der Waals surface area contributed by atoms with E-state index in [2.05, 4.69) is 21.7 Å². The van der Waals surface area contributed by atoms with Crippen molar-refractivity contribution < 1.29 is 14.8 Å². The summed E-state index contributed by atoms with van der Waals surface area (Å²) in [5, 5.41) is 25.3. The predicted octanol–water partition coefficient (Wildman–Crippen LogP) is 1.45. The fourth-order valence-electron chi connectivity index (χ4n) is 4.30. The molecule has 0 spiro atoms. The zero-order chi connectivity index (χ0) is 19.3. The number of hydrogen-bond acceptors (Lipinski definition) is 8. The van der Waals surface area contributed by atoms with Gasteiger partial charge < -0.3 is 25.0 Å². The highest BCUT2D eigenvalue weighted by Gasteiger charge is 2.41. The number of aryl methyl sites for hydroxylation is 1. The summed E-state index contributed by atoms with van der Waals surface area (Å²) in [6.07, 6.45) is 4.27. The van der Waals surface area contributed by atoms with Gasteiger partial charge in [0.2, 0.25) is 10.8 Å². The molecule has 3 aliphatic rings. The SMILES string of the molecule is [O-][S@+]1CCc2nc(N3Cc4ccsc4C[C@H]3CO)nc(NC3(CO)CCC3)c21. The van der Waals surface area contributed by atoms with Crippen LogP contribution >= 0.6 is 11.3 Å². The first-order valence-corrected chi connectivity index (χ1v) is 11.9. The number of hydrogen-bond donors (Lipinski definition) is 3. The van der Waals surface area contributed by atoms with Gasteiger partial charge in [0.1, 0.15) is 11.4 Å². The van der Waals surface area contributed by atoms with Crippen molar-refractivity contribution in [2.24, 2.45) is 0 Å². The summed E-state index contributed by atoms with van der Waals surface area (Å²) in [4.78, 5) is 13.6. The van der Waals surface area contributed by atoms with E-state index < -0.39 is 11.2 Å². The number of nitrogens with zero attached hydrogens (tertiary/aromatic N) is 3. The maximum absolute atomic E-state index is 12.6. The van der Waals surface area contributed by atoms with Crippen LogP contribution in [-0.4, -0.2) is 55.3 Å². The van der Waals surface area contributed by atoms with Gasteiger partial charge in [-0.3, -0.25) is 0 Å². The average molecular weight is 421 g/mol. The van der Waals surface area contributed by atoms with Crippen LogP contribution in [0.4, 0.5) is 11.8 Å².